The van der Waals surface area contributed by atoms with Crippen LogP contribution in [0.5, 0.6) is 0 Å². The summed E-state index contributed by atoms with van der Waals surface area (Å²) >= 11 is 1.60. The summed E-state index contributed by atoms with van der Waals surface area (Å²) in [6.45, 7) is 3.21. The molecule has 0 bridgehead atoms. The monoisotopic (exact) mass is 429 g/mol. The highest BCUT2D eigenvalue weighted by atomic mass is 32.1. The Labute approximate surface area is 185 Å². The Bertz CT molecular complexity index is 1120. The molecule has 7 heteroatoms. The van der Waals surface area contributed by atoms with E-state index < -0.39 is 0 Å². The van der Waals surface area contributed by atoms with Crippen LogP contribution >= 0.6 is 11.3 Å². The summed E-state index contributed by atoms with van der Waals surface area (Å²) in [5.41, 5.74) is 1.000. The van der Waals surface area contributed by atoms with Crippen LogP contribution in [0, 0.1) is 0 Å². The molecule has 4 heterocycles. The fourth-order valence-corrected chi connectivity index (χ4v) is 4.82. The first-order valence-electron chi connectivity index (χ1n) is 10.4. The van der Waals surface area contributed by atoms with Gasteiger partial charge in [0.1, 0.15) is 16.9 Å². The number of piperazine rings is 1. The zero-order valence-electron chi connectivity index (χ0n) is 17.0. The first-order chi connectivity index (χ1) is 15.3. The molecule has 5 rings (SSSR count). The van der Waals surface area contributed by atoms with Gasteiger partial charge in [0.2, 0.25) is 5.78 Å². The molecule has 1 saturated heterocycles. The van der Waals surface area contributed by atoms with E-state index in [4.69, 9.17) is 0 Å². The molecule has 156 valence electrons. The van der Waals surface area contributed by atoms with Gasteiger partial charge < -0.3 is 4.90 Å². The Morgan fingerprint density at radius 3 is 2.39 bits per heavy atom. The molecule has 0 radical (unpaired) electrons. The Morgan fingerprint density at radius 2 is 1.68 bits per heavy atom. The number of rotatable bonds is 6. The molecule has 0 amide bonds. The van der Waals surface area contributed by atoms with Crippen molar-refractivity contribution in [1.82, 2.24) is 19.4 Å². The number of Topliss-reactive ketones (excluding diaryl/α,β-unsaturated/α-hetero) is 1. The van der Waals surface area contributed by atoms with Crippen LogP contribution in [-0.2, 0) is 0 Å². The molecule has 0 saturated carbocycles. The maximum absolute atomic E-state index is 13.8. The van der Waals surface area contributed by atoms with Crippen molar-refractivity contribution >= 4 is 22.9 Å². The summed E-state index contributed by atoms with van der Waals surface area (Å²) in [5, 5.41) is 3.00. The molecule has 4 aromatic rings. The normalized spacial score (nSPS) is 15.7. The summed E-state index contributed by atoms with van der Waals surface area (Å²) in [6.07, 6.45) is 5.39. The van der Waals surface area contributed by atoms with E-state index in [1.54, 1.807) is 17.5 Å². The van der Waals surface area contributed by atoms with E-state index in [0.29, 0.717) is 5.82 Å². The second kappa shape index (κ2) is 8.83. The van der Waals surface area contributed by atoms with Crippen LogP contribution in [0.2, 0.25) is 0 Å². The topological polar surface area (TPSA) is 54.3 Å². The minimum absolute atomic E-state index is 0.0240. The zero-order chi connectivity index (χ0) is 21.0. The Morgan fingerprint density at radius 1 is 0.871 bits per heavy atom. The highest BCUT2D eigenvalue weighted by Crippen LogP contribution is 2.28. The van der Waals surface area contributed by atoms with Crippen LogP contribution in [0.4, 0.5) is 5.82 Å². The minimum Gasteiger partial charge on any atom is -0.354 e. The van der Waals surface area contributed by atoms with Crippen LogP contribution in [0.25, 0.3) is 5.00 Å². The molecule has 1 atom stereocenters. The van der Waals surface area contributed by atoms with Gasteiger partial charge in [-0.15, -0.1) is 11.3 Å². The fraction of sp³-hybridized carbons (Fsp3) is 0.208. The summed E-state index contributed by atoms with van der Waals surface area (Å²) in [5.74, 6) is 1.48. The molecule has 0 spiro atoms. The van der Waals surface area contributed by atoms with Crippen LogP contribution in [-0.4, -0.2) is 51.4 Å². The zero-order valence-corrected chi connectivity index (χ0v) is 17.9. The minimum atomic E-state index is -0.367. The lowest BCUT2D eigenvalue weighted by molar-refractivity contribution is 0.0794. The third kappa shape index (κ3) is 4.02. The number of anilines is 1. The summed E-state index contributed by atoms with van der Waals surface area (Å²) in [7, 11) is 0. The van der Waals surface area contributed by atoms with E-state index in [0.717, 1.165) is 42.6 Å². The highest BCUT2D eigenvalue weighted by molar-refractivity contribution is 7.12. The van der Waals surface area contributed by atoms with Gasteiger partial charge in [0.25, 0.3) is 0 Å². The lowest BCUT2D eigenvalue weighted by Crippen LogP contribution is -2.49. The molecule has 1 aliphatic rings. The number of benzene rings is 1. The summed E-state index contributed by atoms with van der Waals surface area (Å²) < 4.78 is 1.90. The van der Waals surface area contributed by atoms with Crippen molar-refractivity contribution < 1.29 is 4.79 Å². The van der Waals surface area contributed by atoms with E-state index in [1.807, 2.05) is 83.0 Å². The standard InChI is InChI=1S/C24H23N5OS/c30-23(24-26-12-13-29(24)21-10-6-18-31-21)22(19-7-2-1-3-8-19)28-16-14-27(15-17-28)20-9-4-5-11-25-20/h1-13,18,22H,14-17H2/t22-/m0/s1. The van der Waals surface area contributed by atoms with Crippen molar-refractivity contribution in [3.8, 4) is 5.00 Å². The van der Waals surface area contributed by atoms with Gasteiger partial charge in [-0.1, -0.05) is 36.4 Å². The lowest BCUT2D eigenvalue weighted by atomic mass is 9.99. The van der Waals surface area contributed by atoms with Gasteiger partial charge in [0.15, 0.2) is 5.82 Å². The number of thiophene rings is 1. The number of hydrogen-bond acceptors (Lipinski definition) is 6. The lowest BCUT2D eigenvalue weighted by Gasteiger charge is -2.39. The highest BCUT2D eigenvalue weighted by Gasteiger charge is 2.33. The van der Waals surface area contributed by atoms with Crippen LogP contribution in [0.3, 0.4) is 0 Å². The van der Waals surface area contributed by atoms with Gasteiger partial charge in [-0.3, -0.25) is 14.3 Å². The number of imidazole rings is 1. The van der Waals surface area contributed by atoms with E-state index in [1.165, 1.54) is 0 Å². The van der Waals surface area contributed by atoms with Gasteiger partial charge in [0, 0.05) is 44.8 Å². The predicted molar refractivity (Wildman–Crippen MR) is 123 cm³/mol. The summed E-state index contributed by atoms with van der Waals surface area (Å²) in [6, 6.07) is 19.6. The third-order valence-electron chi connectivity index (χ3n) is 5.62. The second-order valence-electron chi connectivity index (χ2n) is 7.46. The fourth-order valence-electron chi connectivity index (χ4n) is 4.11. The molecule has 0 N–H and O–H groups in total. The van der Waals surface area contributed by atoms with Crippen molar-refractivity contribution in [3.63, 3.8) is 0 Å². The molecule has 3 aromatic heterocycles. The first kappa shape index (κ1) is 19.7. The quantitative estimate of drug-likeness (QED) is 0.433. The average Bonchev–Trinajstić information content (AvgIpc) is 3.53. The van der Waals surface area contributed by atoms with E-state index in [9.17, 15) is 4.79 Å². The van der Waals surface area contributed by atoms with Crippen molar-refractivity contribution in [3.05, 3.63) is 96.0 Å². The van der Waals surface area contributed by atoms with Gasteiger partial charge in [-0.05, 0) is 35.2 Å². The van der Waals surface area contributed by atoms with Crippen LogP contribution < -0.4 is 4.90 Å². The van der Waals surface area contributed by atoms with Crippen molar-refractivity contribution in [2.24, 2.45) is 0 Å². The molecular weight excluding hydrogens is 406 g/mol. The van der Waals surface area contributed by atoms with E-state index >= 15 is 0 Å². The molecule has 0 unspecified atom stereocenters. The number of aromatic nitrogens is 3. The molecular formula is C24H23N5OS. The van der Waals surface area contributed by atoms with E-state index in [2.05, 4.69) is 19.8 Å². The number of carbonyl (C=O) groups excluding carboxylic acids is 1. The molecule has 0 aliphatic carbocycles. The Kier molecular flexibility index (Phi) is 5.60. The Balaban J connectivity index is 1.43. The molecule has 1 aromatic carbocycles. The van der Waals surface area contributed by atoms with Gasteiger partial charge in [-0.2, -0.15) is 0 Å². The van der Waals surface area contributed by atoms with E-state index in [-0.39, 0.29) is 11.8 Å². The Hall–Kier alpha value is -3.29. The first-order valence-corrected chi connectivity index (χ1v) is 11.3. The van der Waals surface area contributed by atoms with Crippen molar-refractivity contribution in [2.75, 3.05) is 31.1 Å². The van der Waals surface area contributed by atoms with Crippen LogP contribution in [0.15, 0.2) is 84.6 Å². The number of hydrogen-bond donors (Lipinski definition) is 0. The van der Waals surface area contributed by atoms with Gasteiger partial charge in [-0.25, -0.2) is 9.97 Å². The number of ketones is 1. The molecule has 31 heavy (non-hydrogen) atoms. The second-order valence-corrected chi connectivity index (χ2v) is 8.39. The summed E-state index contributed by atoms with van der Waals surface area (Å²) in [4.78, 5) is 27.3. The maximum atomic E-state index is 13.8. The number of pyridine rings is 1. The van der Waals surface area contributed by atoms with Crippen LogP contribution in [0.1, 0.15) is 22.2 Å². The van der Waals surface area contributed by atoms with Gasteiger partial charge >= 0.3 is 0 Å². The maximum Gasteiger partial charge on any atom is 0.220 e. The van der Waals surface area contributed by atoms with Gasteiger partial charge in [0.05, 0.1) is 0 Å². The van der Waals surface area contributed by atoms with Crippen molar-refractivity contribution in [2.45, 2.75) is 6.04 Å². The number of carbonyl (C=O) groups is 1. The third-order valence-corrected chi connectivity index (χ3v) is 6.49. The molecule has 1 aliphatic heterocycles. The smallest absolute Gasteiger partial charge is 0.220 e. The predicted octanol–water partition coefficient (Wildman–Crippen LogP) is 4.08. The number of nitrogens with zero attached hydrogens (tertiary/aromatic N) is 5. The average molecular weight is 430 g/mol. The van der Waals surface area contributed by atoms with Crippen molar-refractivity contribution in [1.29, 1.82) is 0 Å². The SMILES string of the molecule is O=C(c1nccn1-c1cccs1)[C@H](c1ccccc1)N1CCN(c2ccccn2)CC1. The molecule has 6 nitrogen and oxygen atoms in total. The molecule has 1 fully saturated rings. The largest absolute Gasteiger partial charge is 0.354 e.